The summed E-state index contributed by atoms with van der Waals surface area (Å²) < 4.78 is 16.5. The fraction of sp³-hybridized carbons (Fsp3) is 0.320. The van der Waals surface area contributed by atoms with Gasteiger partial charge < -0.3 is 24.6 Å². The fourth-order valence-electron chi connectivity index (χ4n) is 3.64. The zero-order valence-electron chi connectivity index (χ0n) is 18.0. The molecule has 4 rings (SSSR count). The second-order valence-corrected chi connectivity index (χ2v) is 8.64. The number of thiophene rings is 1. The summed E-state index contributed by atoms with van der Waals surface area (Å²) in [6.45, 7) is 1.35. The number of aryl methyl sites for hydroxylation is 1. The Labute approximate surface area is 191 Å². The molecular formula is C25H27NO5S. The van der Waals surface area contributed by atoms with Gasteiger partial charge in [-0.3, -0.25) is 0 Å². The molecule has 0 spiro atoms. The Morgan fingerprint density at radius 2 is 2.06 bits per heavy atom. The van der Waals surface area contributed by atoms with Gasteiger partial charge in [-0.15, -0.1) is 11.3 Å². The largest absolute Gasteiger partial charge is 0.491 e. The van der Waals surface area contributed by atoms with Gasteiger partial charge in [0, 0.05) is 13.1 Å². The van der Waals surface area contributed by atoms with Crippen LogP contribution < -0.4 is 14.8 Å². The summed E-state index contributed by atoms with van der Waals surface area (Å²) in [6, 6.07) is 17.5. The highest BCUT2D eigenvalue weighted by atomic mass is 32.1. The van der Waals surface area contributed by atoms with Crippen molar-refractivity contribution in [2.75, 3.05) is 26.8 Å². The lowest BCUT2D eigenvalue weighted by Crippen LogP contribution is -2.39. The van der Waals surface area contributed by atoms with Crippen molar-refractivity contribution in [3.8, 4) is 22.6 Å². The average Bonchev–Trinajstić information content (AvgIpc) is 3.33. The van der Waals surface area contributed by atoms with E-state index in [4.69, 9.17) is 14.2 Å². The van der Waals surface area contributed by atoms with Gasteiger partial charge in [0.1, 0.15) is 35.2 Å². The average molecular weight is 454 g/mol. The van der Waals surface area contributed by atoms with Crippen LogP contribution in [0.5, 0.6) is 11.5 Å². The van der Waals surface area contributed by atoms with E-state index in [0.717, 1.165) is 35.5 Å². The first-order chi connectivity index (χ1) is 15.6. The number of esters is 1. The third-order valence-electron chi connectivity index (χ3n) is 5.35. The van der Waals surface area contributed by atoms with E-state index in [0.29, 0.717) is 18.0 Å². The van der Waals surface area contributed by atoms with Gasteiger partial charge in [-0.1, -0.05) is 24.3 Å². The van der Waals surface area contributed by atoms with Crippen LogP contribution in [0.1, 0.15) is 21.7 Å². The molecule has 1 aliphatic rings. The molecule has 32 heavy (non-hydrogen) atoms. The second kappa shape index (κ2) is 10.6. The molecule has 0 aliphatic carbocycles. The number of aliphatic hydroxyl groups is 1. The normalized spacial score (nSPS) is 16.0. The zero-order chi connectivity index (χ0) is 22.3. The van der Waals surface area contributed by atoms with E-state index in [1.807, 2.05) is 53.9 Å². The number of nitrogens with one attached hydrogen (secondary N) is 1. The maximum atomic E-state index is 11.7. The zero-order valence-corrected chi connectivity index (χ0v) is 18.8. The number of methoxy groups -OCH3 is 1. The Balaban J connectivity index is 1.25. The number of hydrogen-bond acceptors (Lipinski definition) is 7. The summed E-state index contributed by atoms with van der Waals surface area (Å²) >= 11 is 1.38. The van der Waals surface area contributed by atoms with Crippen LogP contribution in [0.15, 0.2) is 60.0 Å². The lowest BCUT2D eigenvalue weighted by molar-refractivity contribution is 0.0606. The molecule has 0 saturated carbocycles. The molecule has 0 radical (unpaired) electrons. The molecule has 0 unspecified atom stereocenters. The van der Waals surface area contributed by atoms with Gasteiger partial charge in [0.25, 0.3) is 0 Å². The van der Waals surface area contributed by atoms with E-state index in [2.05, 4.69) is 11.4 Å². The first-order valence-corrected chi connectivity index (χ1v) is 11.5. The van der Waals surface area contributed by atoms with Crippen LogP contribution in [-0.4, -0.2) is 50.1 Å². The van der Waals surface area contributed by atoms with Gasteiger partial charge in [-0.25, -0.2) is 4.79 Å². The van der Waals surface area contributed by atoms with Crippen molar-refractivity contribution >= 4 is 17.3 Å². The molecular weight excluding hydrogens is 426 g/mol. The van der Waals surface area contributed by atoms with Crippen LogP contribution in [0.2, 0.25) is 0 Å². The Hall–Kier alpha value is -2.87. The minimum atomic E-state index is -0.589. The van der Waals surface area contributed by atoms with Crippen LogP contribution in [0, 0.1) is 0 Å². The summed E-state index contributed by atoms with van der Waals surface area (Å²) in [5, 5.41) is 15.4. The lowest BCUT2D eigenvalue weighted by Gasteiger charge is -2.27. The van der Waals surface area contributed by atoms with Crippen LogP contribution in [-0.2, 0) is 11.2 Å². The summed E-state index contributed by atoms with van der Waals surface area (Å²) in [5.74, 6) is 1.33. The fourth-order valence-corrected chi connectivity index (χ4v) is 4.47. The highest BCUT2D eigenvalue weighted by molar-refractivity contribution is 7.12. The number of aliphatic hydroxyl groups excluding tert-OH is 1. The predicted molar refractivity (Wildman–Crippen MR) is 125 cm³/mol. The molecule has 2 heterocycles. The summed E-state index contributed by atoms with van der Waals surface area (Å²) in [5.41, 5.74) is 3.24. The molecule has 2 N–H and O–H groups in total. The molecule has 1 aliphatic heterocycles. The number of rotatable bonds is 9. The Morgan fingerprint density at radius 1 is 1.22 bits per heavy atom. The number of fused-ring (bicyclic) bond motifs is 1. The highest BCUT2D eigenvalue weighted by Crippen LogP contribution is 2.33. The first kappa shape index (κ1) is 22.3. The predicted octanol–water partition coefficient (Wildman–Crippen LogP) is 3.92. The molecule has 2 aromatic carbocycles. The standard InChI is InChI=1S/C25H27NO5S/c1-29-25(28)24-12-19(16-32-24)17-8-10-23-18(11-17)7-9-22(31-23)14-26-13-20(27)15-30-21-5-3-2-4-6-21/h2-6,8,10-12,16,20,22,26-27H,7,9,13-15H2,1H3/t20-,22-/m0/s1. The molecule has 2 atom stereocenters. The van der Waals surface area contributed by atoms with E-state index in [9.17, 15) is 9.90 Å². The lowest BCUT2D eigenvalue weighted by atomic mass is 9.98. The van der Waals surface area contributed by atoms with Crippen LogP contribution in [0.25, 0.3) is 11.1 Å². The molecule has 0 saturated heterocycles. The van der Waals surface area contributed by atoms with E-state index >= 15 is 0 Å². The van der Waals surface area contributed by atoms with Crippen molar-refractivity contribution in [3.05, 3.63) is 70.4 Å². The van der Waals surface area contributed by atoms with Gasteiger partial charge in [-0.2, -0.15) is 0 Å². The molecule has 3 aromatic rings. The third-order valence-corrected chi connectivity index (χ3v) is 6.26. The number of hydrogen-bond donors (Lipinski definition) is 2. The van der Waals surface area contributed by atoms with Gasteiger partial charge in [-0.05, 0) is 65.2 Å². The topological polar surface area (TPSA) is 77.0 Å². The Morgan fingerprint density at radius 3 is 2.88 bits per heavy atom. The number of carbonyl (C=O) groups excluding carboxylic acids is 1. The van der Waals surface area contributed by atoms with Crippen molar-refractivity contribution in [2.45, 2.75) is 25.0 Å². The quantitative estimate of drug-likeness (QED) is 0.478. The van der Waals surface area contributed by atoms with Gasteiger partial charge in [0.2, 0.25) is 0 Å². The van der Waals surface area contributed by atoms with Crippen LogP contribution in [0.3, 0.4) is 0 Å². The molecule has 1 aromatic heterocycles. The van der Waals surface area contributed by atoms with Crippen LogP contribution in [0.4, 0.5) is 0 Å². The first-order valence-electron chi connectivity index (χ1n) is 10.7. The van der Waals surface area contributed by atoms with E-state index < -0.39 is 6.10 Å². The smallest absolute Gasteiger partial charge is 0.348 e. The number of carbonyl (C=O) groups is 1. The van der Waals surface area contributed by atoms with Gasteiger partial charge in [0.05, 0.1) is 7.11 Å². The second-order valence-electron chi connectivity index (χ2n) is 7.73. The van der Waals surface area contributed by atoms with Crippen molar-refractivity contribution < 1.29 is 24.1 Å². The van der Waals surface area contributed by atoms with Crippen molar-refractivity contribution in [3.63, 3.8) is 0 Å². The summed E-state index contributed by atoms with van der Waals surface area (Å²) in [4.78, 5) is 12.3. The third kappa shape index (κ3) is 5.68. The van der Waals surface area contributed by atoms with Crippen molar-refractivity contribution in [2.24, 2.45) is 0 Å². The van der Waals surface area contributed by atoms with Crippen molar-refractivity contribution in [1.29, 1.82) is 0 Å². The maximum absolute atomic E-state index is 11.7. The highest BCUT2D eigenvalue weighted by Gasteiger charge is 2.21. The van der Waals surface area contributed by atoms with E-state index in [1.165, 1.54) is 24.0 Å². The Bertz CT molecular complexity index is 1040. The summed E-state index contributed by atoms with van der Waals surface area (Å²) in [7, 11) is 1.39. The van der Waals surface area contributed by atoms with Crippen LogP contribution >= 0.6 is 11.3 Å². The molecule has 6 nitrogen and oxygen atoms in total. The molecule has 168 valence electrons. The van der Waals surface area contributed by atoms with Crippen molar-refractivity contribution in [1.82, 2.24) is 5.32 Å². The number of ether oxygens (including phenoxy) is 3. The maximum Gasteiger partial charge on any atom is 0.348 e. The number of benzene rings is 2. The van der Waals surface area contributed by atoms with E-state index in [1.54, 1.807) is 0 Å². The minimum Gasteiger partial charge on any atom is -0.491 e. The molecule has 0 bridgehead atoms. The SMILES string of the molecule is COC(=O)c1cc(-c2ccc3c(c2)CC[C@@H](CNC[C@H](O)COc2ccccc2)O3)cs1. The van der Waals surface area contributed by atoms with E-state index in [-0.39, 0.29) is 18.7 Å². The minimum absolute atomic E-state index is 0.0580. The molecule has 0 amide bonds. The molecule has 7 heteroatoms. The van der Waals surface area contributed by atoms with Gasteiger partial charge in [0.15, 0.2) is 0 Å². The summed E-state index contributed by atoms with van der Waals surface area (Å²) in [6.07, 6.45) is 1.29. The Kier molecular flexibility index (Phi) is 7.42. The van der Waals surface area contributed by atoms with Gasteiger partial charge >= 0.3 is 5.97 Å². The monoisotopic (exact) mass is 453 g/mol. The molecule has 0 fully saturated rings. The number of para-hydroxylation sites is 1.